The average Bonchev–Trinajstić information content (AvgIpc) is 2.76. The van der Waals surface area contributed by atoms with Gasteiger partial charge in [-0.15, -0.1) is 0 Å². The zero-order chi connectivity index (χ0) is 21.8. The molecule has 160 valence electrons. The third-order valence-corrected chi connectivity index (χ3v) is 5.11. The lowest BCUT2D eigenvalue weighted by atomic mass is 9.96. The van der Waals surface area contributed by atoms with Gasteiger partial charge < -0.3 is 23.4 Å². The van der Waals surface area contributed by atoms with Gasteiger partial charge in [-0.3, -0.25) is 4.79 Å². The minimum absolute atomic E-state index is 0.107. The van der Waals surface area contributed by atoms with Gasteiger partial charge in [-0.2, -0.15) is 0 Å². The number of rotatable bonds is 8. The first-order valence-electron chi connectivity index (χ1n) is 9.87. The SMILES string of the molecule is COc1ccc(-c2oc3cc(OC)cc(OC)c3c(=O)c2CCC(C)C)c(OC)c1. The van der Waals surface area contributed by atoms with Crippen molar-refractivity contribution < 1.29 is 23.4 Å². The molecular formula is C24H28O6. The molecule has 0 aliphatic rings. The van der Waals surface area contributed by atoms with Crippen molar-refractivity contribution in [1.29, 1.82) is 0 Å². The van der Waals surface area contributed by atoms with E-state index in [9.17, 15) is 4.79 Å². The van der Waals surface area contributed by atoms with Crippen molar-refractivity contribution in [2.24, 2.45) is 5.92 Å². The van der Waals surface area contributed by atoms with E-state index in [1.54, 1.807) is 39.5 Å². The summed E-state index contributed by atoms with van der Waals surface area (Å²) in [7, 11) is 6.26. The van der Waals surface area contributed by atoms with Crippen LogP contribution in [-0.4, -0.2) is 28.4 Å². The predicted octanol–water partition coefficient (Wildman–Crippen LogP) is 5.08. The number of ether oxygens (including phenoxy) is 4. The molecule has 3 rings (SSSR count). The molecule has 0 fully saturated rings. The number of methoxy groups -OCH3 is 4. The van der Waals surface area contributed by atoms with Gasteiger partial charge in [0.2, 0.25) is 0 Å². The maximum atomic E-state index is 13.6. The summed E-state index contributed by atoms with van der Waals surface area (Å²) in [5, 5.41) is 0.410. The van der Waals surface area contributed by atoms with E-state index in [-0.39, 0.29) is 5.43 Å². The van der Waals surface area contributed by atoms with E-state index in [0.29, 0.717) is 63.2 Å². The van der Waals surface area contributed by atoms with Crippen LogP contribution in [0.5, 0.6) is 23.0 Å². The van der Waals surface area contributed by atoms with Crippen molar-refractivity contribution in [1.82, 2.24) is 0 Å². The van der Waals surface area contributed by atoms with Crippen LogP contribution >= 0.6 is 0 Å². The van der Waals surface area contributed by atoms with E-state index in [2.05, 4.69) is 13.8 Å². The first-order chi connectivity index (χ1) is 14.4. The van der Waals surface area contributed by atoms with Gasteiger partial charge in [0.25, 0.3) is 0 Å². The lowest BCUT2D eigenvalue weighted by Crippen LogP contribution is -2.13. The Morgan fingerprint density at radius 3 is 2.13 bits per heavy atom. The van der Waals surface area contributed by atoms with Crippen LogP contribution in [0, 0.1) is 5.92 Å². The third-order valence-electron chi connectivity index (χ3n) is 5.11. The Morgan fingerprint density at radius 1 is 0.867 bits per heavy atom. The van der Waals surface area contributed by atoms with Gasteiger partial charge in [-0.1, -0.05) is 13.8 Å². The highest BCUT2D eigenvalue weighted by atomic mass is 16.5. The molecule has 0 saturated carbocycles. The summed E-state index contributed by atoms with van der Waals surface area (Å²) in [6.45, 7) is 4.25. The van der Waals surface area contributed by atoms with Crippen molar-refractivity contribution in [2.45, 2.75) is 26.7 Å². The number of benzene rings is 2. The lowest BCUT2D eigenvalue weighted by molar-refractivity contribution is 0.393. The molecule has 0 unspecified atom stereocenters. The van der Waals surface area contributed by atoms with E-state index in [4.69, 9.17) is 23.4 Å². The van der Waals surface area contributed by atoms with Crippen molar-refractivity contribution in [3.05, 3.63) is 46.1 Å². The molecule has 0 spiro atoms. The summed E-state index contributed by atoms with van der Waals surface area (Å²) in [5.41, 5.74) is 1.59. The van der Waals surface area contributed by atoms with Crippen LogP contribution in [0.15, 0.2) is 39.5 Å². The highest BCUT2D eigenvalue weighted by Gasteiger charge is 2.22. The first-order valence-corrected chi connectivity index (χ1v) is 9.87. The highest BCUT2D eigenvalue weighted by molar-refractivity contribution is 5.88. The summed E-state index contributed by atoms with van der Waals surface area (Å²) in [5.74, 6) is 3.12. The quantitative estimate of drug-likeness (QED) is 0.514. The van der Waals surface area contributed by atoms with Gasteiger partial charge >= 0.3 is 0 Å². The van der Waals surface area contributed by atoms with Crippen molar-refractivity contribution in [2.75, 3.05) is 28.4 Å². The Balaban J connectivity index is 2.36. The Bertz CT molecular complexity index is 1100. The Morgan fingerprint density at radius 2 is 1.53 bits per heavy atom. The highest BCUT2D eigenvalue weighted by Crippen LogP contribution is 2.38. The molecule has 2 aromatic carbocycles. The van der Waals surface area contributed by atoms with Crippen LogP contribution in [-0.2, 0) is 6.42 Å². The monoisotopic (exact) mass is 412 g/mol. The largest absolute Gasteiger partial charge is 0.497 e. The van der Waals surface area contributed by atoms with E-state index in [1.165, 1.54) is 7.11 Å². The molecule has 0 N–H and O–H groups in total. The van der Waals surface area contributed by atoms with Crippen LogP contribution in [0.1, 0.15) is 25.8 Å². The molecule has 1 heterocycles. The molecule has 0 atom stereocenters. The second-order valence-electron chi connectivity index (χ2n) is 7.44. The van der Waals surface area contributed by atoms with Crippen molar-refractivity contribution in [3.63, 3.8) is 0 Å². The molecule has 30 heavy (non-hydrogen) atoms. The second-order valence-corrected chi connectivity index (χ2v) is 7.44. The fraction of sp³-hybridized carbons (Fsp3) is 0.375. The smallest absolute Gasteiger partial charge is 0.200 e. The van der Waals surface area contributed by atoms with E-state index >= 15 is 0 Å². The van der Waals surface area contributed by atoms with Crippen LogP contribution in [0.4, 0.5) is 0 Å². The summed E-state index contributed by atoms with van der Waals surface area (Å²) >= 11 is 0. The zero-order valence-electron chi connectivity index (χ0n) is 18.3. The predicted molar refractivity (Wildman–Crippen MR) is 117 cm³/mol. The Hall–Kier alpha value is -3.15. The maximum absolute atomic E-state index is 13.6. The number of hydrogen-bond acceptors (Lipinski definition) is 6. The molecule has 0 saturated heterocycles. The fourth-order valence-electron chi connectivity index (χ4n) is 3.44. The van der Waals surface area contributed by atoms with Gasteiger partial charge in [0, 0.05) is 23.8 Å². The average molecular weight is 412 g/mol. The topological polar surface area (TPSA) is 67.1 Å². The first kappa shape index (κ1) is 21.6. The van der Waals surface area contributed by atoms with Gasteiger partial charge in [0.05, 0.1) is 34.0 Å². The van der Waals surface area contributed by atoms with Gasteiger partial charge in [0.15, 0.2) is 5.43 Å². The van der Waals surface area contributed by atoms with Crippen molar-refractivity contribution >= 4 is 11.0 Å². The number of hydrogen-bond donors (Lipinski definition) is 0. The van der Waals surface area contributed by atoms with Gasteiger partial charge in [-0.25, -0.2) is 0 Å². The van der Waals surface area contributed by atoms with E-state index < -0.39 is 0 Å². The normalized spacial score (nSPS) is 11.0. The van der Waals surface area contributed by atoms with Gasteiger partial charge in [-0.05, 0) is 30.9 Å². The van der Waals surface area contributed by atoms with Crippen LogP contribution in [0.3, 0.4) is 0 Å². The Labute approximate surface area is 176 Å². The number of fused-ring (bicyclic) bond motifs is 1. The third kappa shape index (κ3) is 4.08. The molecule has 6 nitrogen and oxygen atoms in total. The Kier molecular flexibility index (Phi) is 6.55. The maximum Gasteiger partial charge on any atom is 0.200 e. The zero-order valence-corrected chi connectivity index (χ0v) is 18.3. The fourth-order valence-corrected chi connectivity index (χ4v) is 3.44. The molecule has 0 radical (unpaired) electrons. The molecule has 3 aromatic rings. The summed E-state index contributed by atoms with van der Waals surface area (Å²) in [6, 6.07) is 8.83. The molecule has 0 aliphatic heterocycles. The summed E-state index contributed by atoms with van der Waals surface area (Å²) in [6.07, 6.45) is 1.43. The molecular weight excluding hydrogens is 384 g/mol. The van der Waals surface area contributed by atoms with Crippen molar-refractivity contribution in [3.8, 4) is 34.3 Å². The van der Waals surface area contributed by atoms with Crippen LogP contribution in [0.25, 0.3) is 22.3 Å². The molecule has 1 aromatic heterocycles. The lowest BCUT2D eigenvalue weighted by Gasteiger charge is -2.16. The molecule has 0 bridgehead atoms. The minimum Gasteiger partial charge on any atom is -0.497 e. The molecule has 0 amide bonds. The summed E-state index contributed by atoms with van der Waals surface area (Å²) < 4.78 is 28.0. The van der Waals surface area contributed by atoms with Gasteiger partial charge in [0.1, 0.15) is 39.7 Å². The molecule has 0 aliphatic carbocycles. The summed E-state index contributed by atoms with van der Waals surface area (Å²) in [4.78, 5) is 13.6. The molecule has 6 heteroatoms. The standard InChI is InChI=1S/C24H28O6/c1-14(2)7-9-18-23(25)22-20(29-6)12-16(27-4)13-21(22)30-24(18)17-10-8-15(26-3)11-19(17)28-5/h8,10-14H,7,9H2,1-6H3. The van der Waals surface area contributed by atoms with E-state index in [1.807, 2.05) is 12.1 Å². The second kappa shape index (κ2) is 9.11. The minimum atomic E-state index is -0.107. The van der Waals surface area contributed by atoms with E-state index in [0.717, 1.165) is 6.42 Å². The van der Waals surface area contributed by atoms with Crippen LogP contribution in [0.2, 0.25) is 0 Å². The van der Waals surface area contributed by atoms with Crippen LogP contribution < -0.4 is 24.4 Å².